The van der Waals surface area contributed by atoms with Gasteiger partial charge in [-0.05, 0) is 25.0 Å². The molecule has 24 heavy (non-hydrogen) atoms. The number of hydrogen-bond acceptors (Lipinski definition) is 4. The first-order valence-corrected chi connectivity index (χ1v) is 8.93. The molecule has 1 fully saturated rings. The van der Waals surface area contributed by atoms with Gasteiger partial charge in [0, 0.05) is 32.1 Å². The van der Waals surface area contributed by atoms with E-state index >= 15 is 0 Å². The van der Waals surface area contributed by atoms with E-state index in [4.69, 9.17) is 9.15 Å². The van der Waals surface area contributed by atoms with Gasteiger partial charge in [0.2, 0.25) is 0 Å². The third-order valence-corrected chi connectivity index (χ3v) is 4.72. The molecule has 0 aliphatic heterocycles. The molecule has 6 nitrogen and oxygen atoms in total. The first kappa shape index (κ1) is 18.8. The van der Waals surface area contributed by atoms with E-state index in [1.165, 1.54) is 0 Å². The Bertz CT molecular complexity index is 503. The van der Waals surface area contributed by atoms with Crippen molar-refractivity contribution in [3.8, 4) is 0 Å². The predicted molar refractivity (Wildman–Crippen MR) is 91.8 cm³/mol. The van der Waals surface area contributed by atoms with Crippen LogP contribution in [0.5, 0.6) is 0 Å². The van der Waals surface area contributed by atoms with E-state index in [9.17, 15) is 9.90 Å². The van der Waals surface area contributed by atoms with Crippen LogP contribution in [-0.4, -0.2) is 37.5 Å². The number of aliphatic hydroxyl groups excluding tert-OH is 1. The maximum atomic E-state index is 12.4. The highest BCUT2D eigenvalue weighted by atomic mass is 16.5. The van der Waals surface area contributed by atoms with Crippen LogP contribution in [0.2, 0.25) is 0 Å². The van der Waals surface area contributed by atoms with Gasteiger partial charge in [0.15, 0.2) is 0 Å². The van der Waals surface area contributed by atoms with Gasteiger partial charge in [-0.2, -0.15) is 0 Å². The molecule has 1 aromatic rings. The highest BCUT2D eigenvalue weighted by molar-refractivity contribution is 5.74. The molecule has 136 valence electrons. The fraction of sp³-hybridized carbons (Fsp3) is 0.722. The third-order valence-electron chi connectivity index (χ3n) is 4.72. The zero-order valence-corrected chi connectivity index (χ0v) is 14.7. The molecule has 0 saturated heterocycles. The second kappa shape index (κ2) is 9.69. The van der Waals surface area contributed by atoms with E-state index in [0.717, 1.165) is 44.3 Å². The van der Waals surface area contributed by atoms with Crippen molar-refractivity contribution in [1.82, 2.24) is 10.6 Å². The molecule has 2 amide bonds. The van der Waals surface area contributed by atoms with Crippen LogP contribution in [0.4, 0.5) is 4.79 Å². The van der Waals surface area contributed by atoms with Crippen molar-refractivity contribution in [3.05, 3.63) is 23.7 Å². The second-order valence-corrected chi connectivity index (χ2v) is 6.47. The molecule has 0 spiro atoms. The van der Waals surface area contributed by atoms with Crippen molar-refractivity contribution in [2.75, 3.05) is 20.3 Å². The molecule has 1 saturated carbocycles. The van der Waals surface area contributed by atoms with Crippen molar-refractivity contribution in [2.45, 2.75) is 57.5 Å². The van der Waals surface area contributed by atoms with Crippen LogP contribution >= 0.6 is 0 Å². The summed E-state index contributed by atoms with van der Waals surface area (Å²) < 4.78 is 11.0. The SMILES string of the molecule is CCc1ccc(C(COC)NC(=O)NC2CCCCCC2CO)o1. The lowest BCUT2D eigenvalue weighted by atomic mass is 9.96. The van der Waals surface area contributed by atoms with E-state index in [1.807, 2.05) is 19.1 Å². The molecular weight excluding hydrogens is 308 g/mol. The topological polar surface area (TPSA) is 83.7 Å². The monoisotopic (exact) mass is 338 g/mol. The summed E-state index contributed by atoms with van der Waals surface area (Å²) in [7, 11) is 1.60. The Kier molecular flexibility index (Phi) is 7.59. The Labute approximate surface area is 143 Å². The highest BCUT2D eigenvalue weighted by Gasteiger charge is 2.26. The lowest BCUT2D eigenvalue weighted by Gasteiger charge is -2.26. The van der Waals surface area contributed by atoms with Crippen molar-refractivity contribution >= 4 is 6.03 Å². The van der Waals surface area contributed by atoms with Crippen molar-refractivity contribution in [2.24, 2.45) is 5.92 Å². The summed E-state index contributed by atoms with van der Waals surface area (Å²) in [5.41, 5.74) is 0. The molecule has 1 heterocycles. The molecule has 1 aromatic heterocycles. The van der Waals surface area contributed by atoms with Gasteiger partial charge in [-0.15, -0.1) is 0 Å². The van der Waals surface area contributed by atoms with Gasteiger partial charge >= 0.3 is 6.03 Å². The summed E-state index contributed by atoms with van der Waals surface area (Å²) in [4.78, 5) is 12.4. The summed E-state index contributed by atoms with van der Waals surface area (Å²) >= 11 is 0. The van der Waals surface area contributed by atoms with Crippen LogP contribution in [0.1, 0.15) is 56.6 Å². The summed E-state index contributed by atoms with van der Waals surface area (Å²) in [6, 6.07) is 3.25. The van der Waals surface area contributed by atoms with Crippen LogP contribution in [0.25, 0.3) is 0 Å². The Hall–Kier alpha value is -1.53. The molecule has 3 N–H and O–H groups in total. The summed E-state index contributed by atoms with van der Waals surface area (Å²) in [6.07, 6.45) is 6.04. The van der Waals surface area contributed by atoms with Crippen molar-refractivity contribution < 1.29 is 19.1 Å². The normalized spacial score (nSPS) is 22.6. The number of rotatable bonds is 7. The maximum absolute atomic E-state index is 12.4. The minimum Gasteiger partial charge on any atom is -0.464 e. The molecule has 0 bridgehead atoms. The highest BCUT2D eigenvalue weighted by Crippen LogP contribution is 2.23. The number of carbonyl (C=O) groups excluding carboxylic acids is 1. The van der Waals surface area contributed by atoms with Gasteiger partial charge in [0.25, 0.3) is 0 Å². The summed E-state index contributed by atoms with van der Waals surface area (Å²) in [6.45, 7) is 2.48. The van der Waals surface area contributed by atoms with Gasteiger partial charge in [-0.25, -0.2) is 4.79 Å². The number of furan rings is 1. The lowest BCUT2D eigenvalue weighted by Crippen LogP contribution is -2.47. The Balaban J connectivity index is 1.96. The number of aryl methyl sites for hydroxylation is 1. The average Bonchev–Trinajstić information content (AvgIpc) is 2.95. The quantitative estimate of drug-likeness (QED) is 0.668. The summed E-state index contributed by atoms with van der Waals surface area (Å²) in [5.74, 6) is 1.72. The standard InChI is InChI=1S/C18H30N2O4/c1-3-14-9-10-17(24-14)16(12-23-2)20-18(22)19-15-8-6-4-5-7-13(15)11-21/h9-10,13,15-16,21H,3-8,11-12H2,1-2H3,(H2,19,20,22). The number of nitrogens with one attached hydrogen (secondary N) is 2. The van der Waals surface area contributed by atoms with E-state index < -0.39 is 0 Å². The smallest absolute Gasteiger partial charge is 0.315 e. The Morgan fingerprint density at radius 3 is 2.83 bits per heavy atom. The molecule has 3 atom stereocenters. The number of urea groups is 1. The molecule has 1 aliphatic carbocycles. The zero-order chi connectivity index (χ0) is 17.4. The van der Waals surface area contributed by atoms with Crippen LogP contribution in [0.3, 0.4) is 0 Å². The fourth-order valence-electron chi connectivity index (χ4n) is 3.29. The number of hydrogen-bond donors (Lipinski definition) is 3. The first-order valence-electron chi connectivity index (χ1n) is 8.93. The Morgan fingerprint density at radius 2 is 2.17 bits per heavy atom. The lowest BCUT2D eigenvalue weighted by molar-refractivity contribution is 0.151. The molecule has 6 heteroatoms. The number of methoxy groups -OCH3 is 1. The number of ether oxygens (including phenoxy) is 1. The average molecular weight is 338 g/mol. The minimum atomic E-state index is -0.325. The third kappa shape index (κ3) is 5.24. The van der Waals surface area contributed by atoms with Gasteiger partial charge < -0.3 is 24.9 Å². The molecule has 0 radical (unpaired) electrons. The van der Waals surface area contributed by atoms with Crippen molar-refractivity contribution in [3.63, 3.8) is 0 Å². The summed E-state index contributed by atoms with van der Waals surface area (Å²) in [5, 5.41) is 15.5. The van der Waals surface area contributed by atoms with E-state index in [0.29, 0.717) is 12.4 Å². The Morgan fingerprint density at radius 1 is 1.38 bits per heavy atom. The predicted octanol–water partition coefficient (Wildman–Crippen LogP) is 2.77. The van der Waals surface area contributed by atoms with Gasteiger partial charge in [-0.1, -0.05) is 26.2 Å². The molecule has 3 unspecified atom stereocenters. The van der Waals surface area contributed by atoms with Crippen LogP contribution in [0.15, 0.2) is 16.5 Å². The maximum Gasteiger partial charge on any atom is 0.315 e. The largest absolute Gasteiger partial charge is 0.464 e. The van der Waals surface area contributed by atoms with Crippen LogP contribution in [-0.2, 0) is 11.2 Å². The number of carbonyl (C=O) groups is 1. The van der Waals surface area contributed by atoms with E-state index in [-0.39, 0.29) is 30.6 Å². The molecule has 2 rings (SSSR count). The minimum absolute atomic E-state index is 0.0171. The van der Waals surface area contributed by atoms with Crippen molar-refractivity contribution in [1.29, 1.82) is 0 Å². The molecule has 0 aromatic carbocycles. The van der Waals surface area contributed by atoms with Gasteiger partial charge in [0.05, 0.1) is 6.61 Å². The van der Waals surface area contributed by atoms with Gasteiger partial charge in [-0.3, -0.25) is 0 Å². The van der Waals surface area contributed by atoms with E-state index in [2.05, 4.69) is 10.6 Å². The number of amides is 2. The molecular formula is C18H30N2O4. The van der Waals surface area contributed by atoms with E-state index in [1.54, 1.807) is 7.11 Å². The van der Waals surface area contributed by atoms with Crippen LogP contribution in [0, 0.1) is 5.92 Å². The second-order valence-electron chi connectivity index (χ2n) is 6.47. The van der Waals surface area contributed by atoms with Gasteiger partial charge in [0.1, 0.15) is 17.6 Å². The first-order chi connectivity index (χ1) is 11.7. The molecule has 1 aliphatic rings. The number of aliphatic hydroxyl groups is 1. The zero-order valence-electron chi connectivity index (χ0n) is 14.7. The fourth-order valence-corrected chi connectivity index (χ4v) is 3.29. The van der Waals surface area contributed by atoms with Crippen LogP contribution < -0.4 is 10.6 Å².